The number of amides is 2. The highest BCUT2D eigenvalue weighted by molar-refractivity contribution is 5.92. The van der Waals surface area contributed by atoms with Crippen molar-refractivity contribution < 1.29 is 28.6 Å². The molecule has 3 rings (SSSR count). The van der Waals surface area contributed by atoms with Gasteiger partial charge in [0.15, 0.2) is 6.23 Å². The monoisotopic (exact) mass is 539 g/mol. The van der Waals surface area contributed by atoms with Gasteiger partial charge in [-0.15, -0.1) is 0 Å². The van der Waals surface area contributed by atoms with Gasteiger partial charge in [-0.1, -0.05) is 0 Å². The first-order valence-electron chi connectivity index (χ1n) is 13.5. The van der Waals surface area contributed by atoms with Gasteiger partial charge in [0.2, 0.25) is 5.96 Å². The Hall–Kier alpha value is -2.64. The molecule has 216 valence electrons. The van der Waals surface area contributed by atoms with Crippen molar-refractivity contribution in [1.82, 2.24) is 29.8 Å². The van der Waals surface area contributed by atoms with E-state index >= 15 is 0 Å². The van der Waals surface area contributed by atoms with Crippen molar-refractivity contribution in [2.24, 2.45) is 0 Å². The van der Waals surface area contributed by atoms with Gasteiger partial charge in [0.25, 0.3) is 0 Å². The number of likely N-dealkylation sites (N-methyl/N-ethyl adjacent to an activating group) is 1. The van der Waals surface area contributed by atoms with Crippen LogP contribution in [0, 0.1) is 5.41 Å². The molecule has 0 spiro atoms. The molecule has 3 aliphatic heterocycles. The van der Waals surface area contributed by atoms with Gasteiger partial charge >= 0.3 is 18.2 Å². The van der Waals surface area contributed by atoms with Gasteiger partial charge in [0.1, 0.15) is 5.60 Å². The lowest BCUT2D eigenvalue weighted by Gasteiger charge is -2.38. The average molecular weight is 540 g/mol. The normalized spacial score (nSPS) is 23.8. The molecule has 2 amide bonds. The van der Waals surface area contributed by atoms with E-state index in [1.807, 2.05) is 4.90 Å². The highest BCUT2D eigenvalue weighted by Gasteiger charge is 2.43. The van der Waals surface area contributed by atoms with Crippen LogP contribution in [0.5, 0.6) is 0 Å². The van der Waals surface area contributed by atoms with Crippen LogP contribution in [0.4, 0.5) is 9.59 Å². The van der Waals surface area contributed by atoms with Crippen molar-refractivity contribution in [3.05, 3.63) is 0 Å². The predicted octanol–water partition coefficient (Wildman–Crippen LogP) is 0.801. The van der Waals surface area contributed by atoms with Crippen LogP contribution in [0.2, 0.25) is 0 Å². The van der Waals surface area contributed by atoms with E-state index in [0.29, 0.717) is 13.1 Å². The molecule has 2 unspecified atom stereocenters. The number of hydrogen-bond donors (Lipinski definition) is 2. The molecular weight excluding hydrogens is 494 g/mol. The molecule has 3 saturated heterocycles. The topological polar surface area (TPSA) is 131 Å². The summed E-state index contributed by atoms with van der Waals surface area (Å²) < 4.78 is 15.7. The molecule has 0 radical (unpaired) electrons. The number of nitrogens with zero attached hydrogens (tertiary/aromatic N) is 5. The molecule has 3 aliphatic rings. The van der Waals surface area contributed by atoms with Gasteiger partial charge in [-0.3, -0.25) is 30.2 Å². The van der Waals surface area contributed by atoms with E-state index in [1.165, 1.54) is 7.11 Å². The van der Waals surface area contributed by atoms with Crippen LogP contribution in [0.3, 0.4) is 0 Å². The number of esters is 1. The Kier molecular flexibility index (Phi) is 10.6. The molecule has 0 aromatic rings. The number of carbonyl (C=O) groups excluding carboxylic acids is 3. The number of cyclic esters (lactones) is 1. The number of methoxy groups -OCH3 is 1. The molecule has 13 heteroatoms. The van der Waals surface area contributed by atoms with Crippen LogP contribution < -0.4 is 5.32 Å². The number of rotatable bonds is 8. The maximum Gasteiger partial charge on any atom is 0.414 e. The third-order valence-electron chi connectivity index (χ3n) is 7.22. The van der Waals surface area contributed by atoms with E-state index in [0.717, 1.165) is 65.1 Å². The van der Waals surface area contributed by atoms with E-state index in [1.54, 1.807) is 32.7 Å². The molecule has 2 atom stereocenters. The number of piperazine rings is 2. The molecule has 0 aromatic carbocycles. The van der Waals surface area contributed by atoms with Gasteiger partial charge < -0.3 is 24.0 Å². The molecule has 3 heterocycles. The summed E-state index contributed by atoms with van der Waals surface area (Å²) in [5, 5.41) is 10.7. The van der Waals surface area contributed by atoms with Crippen LogP contribution in [0.25, 0.3) is 0 Å². The van der Waals surface area contributed by atoms with Crippen LogP contribution in [-0.2, 0) is 19.0 Å². The van der Waals surface area contributed by atoms with E-state index in [9.17, 15) is 14.4 Å². The minimum atomic E-state index is -0.606. The van der Waals surface area contributed by atoms with Crippen LogP contribution >= 0.6 is 0 Å². The number of carbonyl (C=O) groups is 3. The van der Waals surface area contributed by atoms with Gasteiger partial charge in [0, 0.05) is 59.4 Å². The first-order chi connectivity index (χ1) is 18.0. The maximum absolute atomic E-state index is 12.3. The number of nitrogens with one attached hydrogen (secondary N) is 2. The highest BCUT2D eigenvalue weighted by Crippen LogP contribution is 2.26. The Morgan fingerprint density at radius 3 is 2.26 bits per heavy atom. The van der Waals surface area contributed by atoms with Crippen molar-refractivity contribution >= 4 is 24.1 Å². The van der Waals surface area contributed by atoms with Crippen molar-refractivity contribution in [2.75, 3.05) is 79.6 Å². The van der Waals surface area contributed by atoms with E-state index in [2.05, 4.69) is 20.0 Å². The molecule has 0 saturated carbocycles. The molecule has 3 fully saturated rings. The third kappa shape index (κ3) is 8.70. The first kappa shape index (κ1) is 29.9. The zero-order valence-electron chi connectivity index (χ0n) is 23.5. The molecule has 0 aromatic heterocycles. The molecule has 2 N–H and O–H groups in total. The van der Waals surface area contributed by atoms with Gasteiger partial charge in [-0.05, 0) is 46.6 Å². The third-order valence-corrected chi connectivity index (χ3v) is 7.22. The second-order valence-corrected chi connectivity index (χ2v) is 11.1. The minimum Gasteiger partial charge on any atom is -0.468 e. The Morgan fingerprint density at radius 2 is 1.66 bits per heavy atom. The Morgan fingerprint density at radius 1 is 1.03 bits per heavy atom. The summed E-state index contributed by atoms with van der Waals surface area (Å²) in [6.07, 6.45) is 1.69. The van der Waals surface area contributed by atoms with E-state index in [4.69, 9.17) is 19.6 Å². The molecule has 13 nitrogen and oxygen atoms in total. The summed E-state index contributed by atoms with van der Waals surface area (Å²) in [6.45, 7) is 12.5. The lowest BCUT2D eigenvalue weighted by atomic mass is 10.1. The lowest BCUT2D eigenvalue weighted by Crippen LogP contribution is -2.54. The Bertz CT molecular complexity index is 835. The second kappa shape index (κ2) is 13.4. The van der Waals surface area contributed by atoms with Crippen LogP contribution in [-0.4, -0.2) is 146 Å². The average Bonchev–Trinajstić information content (AvgIpc) is 3.14. The number of guanidine groups is 1. The molecular formula is C25H45N7O6. The Balaban J connectivity index is 1.35. The number of ether oxygens (including phenoxy) is 3. The molecule has 0 bridgehead atoms. The van der Waals surface area contributed by atoms with E-state index < -0.39 is 11.7 Å². The van der Waals surface area contributed by atoms with Crippen molar-refractivity contribution in [3.8, 4) is 0 Å². The zero-order chi connectivity index (χ0) is 27.9. The van der Waals surface area contributed by atoms with Crippen molar-refractivity contribution in [1.29, 1.82) is 5.41 Å². The molecule has 38 heavy (non-hydrogen) atoms. The lowest BCUT2D eigenvalue weighted by molar-refractivity contribution is -0.142. The number of unbranched alkanes of at least 4 members (excludes halogenated alkanes) is 1. The number of hydrogen-bond acceptors (Lipinski definition) is 10. The van der Waals surface area contributed by atoms with Crippen molar-refractivity contribution in [3.63, 3.8) is 0 Å². The zero-order valence-corrected chi connectivity index (χ0v) is 23.5. The minimum absolute atomic E-state index is 0.00547. The second-order valence-electron chi connectivity index (χ2n) is 11.1. The summed E-state index contributed by atoms with van der Waals surface area (Å²) in [7, 11) is 3.20. The smallest absolute Gasteiger partial charge is 0.414 e. The fraction of sp³-hybridized carbons (Fsp3) is 0.840. The van der Waals surface area contributed by atoms with Crippen molar-refractivity contribution in [2.45, 2.75) is 57.9 Å². The summed E-state index contributed by atoms with van der Waals surface area (Å²) in [5.74, 6) is -0.162. The fourth-order valence-electron chi connectivity index (χ4n) is 5.03. The van der Waals surface area contributed by atoms with E-state index in [-0.39, 0.29) is 36.8 Å². The summed E-state index contributed by atoms with van der Waals surface area (Å²) >= 11 is 0. The quantitative estimate of drug-likeness (QED) is 0.150. The highest BCUT2D eigenvalue weighted by atomic mass is 16.6. The summed E-state index contributed by atoms with van der Waals surface area (Å²) in [6, 6.07) is 0.00547. The fourth-order valence-corrected chi connectivity index (χ4v) is 5.03. The van der Waals surface area contributed by atoms with Gasteiger partial charge in [-0.2, -0.15) is 0 Å². The van der Waals surface area contributed by atoms with Crippen LogP contribution in [0.15, 0.2) is 0 Å². The standard InChI is InChI=1S/C25H45N7O6/c1-25(2,3)38-23(34)27-22(26)32-16-10-29(11-17-32)9-7-6-8-19-21(37-24(35)28(19)4)31-14-12-30(13-15-31)18-20(33)36-5/h19,21H,6-18H2,1-5H3,(H2,26,27,34). The van der Waals surface area contributed by atoms with Gasteiger partial charge in [0.05, 0.1) is 19.7 Å². The summed E-state index contributed by atoms with van der Waals surface area (Å²) in [5.41, 5.74) is -0.601. The molecule has 0 aliphatic carbocycles. The SMILES string of the molecule is COC(=O)CN1CCN(C2OC(=O)N(C)C2CCCCN2CCN(C(=N)NC(=O)OC(C)(C)C)CC2)CC1. The largest absolute Gasteiger partial charge is 0.468 e. The van der Waals surface area contributed by atoms with Crippen LogP contribution in [0.1, 0.15) is 40.0 Å². The Labute approximate surface area is 225 Å². The predicted molar refractivity (Wildman–Crippen MR) is 141 cm³/mol. The first-order valence-corrected chi connectivity index (χ1v) is 13.5. The maximum atomic E-state index is 12.3. The number of alkyl carbamates (subject to hydrolysis) is 1. The van der Waals surface area contributed by atoms with Gasteiger partial charge in [-0.25, -0.2) is 9.59 Å². The summed E-state index contributed by atoms with van der Waals surface area (Å²) in [4.78, 5) is 46.0.